The number of hydrogen-bond acceptors (Lipinski definition) is 3. The highest BCUT2D eigenvalue weighted by atomic mass is 16.5. The van der Waals surface area contributed by atoms with E-state index in [1.165, 1.54) is 0 Å². The predicted octanol–water partition coefficient (Wildman–Crippen LogP) is 0.954. The second-order valence-electron chi connectivity index (χ2n) is 5.22. The van der Waals surface area contributed by atoms with Gasteiger partial charge in [-0.15, -0.1) is 0 Å². The van der Waals surface area contributed by atoms with Crippen molar-refractivity contribution in [1.29, 1.82) is 0 Å². The molecule has 0 unspecified atom stereocenters. The molecule has 0 aromatic rings. The van der Waals surface area contributed by atoms with Gasteiger partial charge in [0.1, 0.15) is 0 Å². The van der Waals surface area contributed by atoms with Crippen molar-refractivity contribution in [3.8, 4) is 0 Å². The van der Waals surface area contributed by atoms with E-state index in [0.29, 0.717) is 13.0 Å². The summed E-state index contributed by atoms with van der Waals surface area (Å²) in [7, 11) is 1.62. The first-order valence-corrected chi connectivity index (χ1v) is 5.27. The van der Waals surface area contributed by atoms with Crippen molar-refractivity contribution in [2.24, 2.45) is 5.41 Å². The normalized spacial score (nSPS) is 19.5. The second-order valence-corrected chi connectivity index (χ2v) is 5.22. The third-order valence-electron chi connectivity index (χ3n) is 2.75. The van der Waals surface area contributed by atoms with Crippen molar-refractivity contribution in [3.05, 3.63) is 0 Å². The Morgan fingerprint density at radius 2 is 2.13 bits per heavy atom. The average molecular weight is 215 g/mol. The summed E-state index contributed by atoms with van der Waals surface area (Å²) in [6.45, 7) is 8.08. The first-order valence-electron chi connectivity index (χ1n) is 5.27. The highest BCUT2D eigenvalue weighted by molar-refractivity contribution is 5.76. The Balaban J connectivity index is 2.24. The molecule has 1 N–H and O–H groups in total. The van der Waals surface area contributed by atoms with E-state index in [1.807, 2.05) is 13.8 Å². The van der Waals surface area contributed by atoms with Crippen molar-refractivity contribution >= 4 is 5.91 Å². The van der Waals surface area contributed by atoms with E-state index in [9.17, 15) is 4.79 Å². The van der Waals surface area contributed by atoms with Gasteiger partial charge in [-0.25, -0.2) is 0 Å². The minimum absolute atomic E-state index is 0.0370. The lowest BCUT2D eigenvalue weighted by Gasteiger charge is -2.38. The topological polar surface area (TPSA) is 47.6 Å². The molecule has 1 rings (SSSR count). The Kier molecular flexibility index (Phi) is 3.73. The van der Waals surface area contributed by atoms with Crippen LogP contribution in [-0.2, 0) is 14.3 Å². The van der Waals surface area contributed by atoms with Crippen molar-refractivity contribution in [2.45, 2.75) is 32.8 Å². The molecule has 4 heteroatoms. The summed E-state index contributed by atoms with van der Waals surface area (Å²) in [5.74, 6) is 0.0370. The van der Waals surface area contributed by atoms with Crippen molar-refractivity contribution < 1.29 is 14.3 Å². The lowest BCUT2D eigenvalue weighted by molar-refractivity contribution is -0.131. The smallest absolute Gasteiger partial charge is 0.222 e. The largest absolute Gasteiger partial charge is 0.380 e. The van der Waals surface area contributed by atoms with Gasteiger partial charge in [0.25, 0.3) is 0 Å². The van der Waals surface area contributed by atoms with E-state index in [2.05, 4.69) is 12.2 Å². The van der Waals surface area contributed by atoms with Gasteiger partial charge in [0, 0.05) is 19.1 Å². The van der Waals surface area contributed by atoms with E-state index in [-0.39, 0.29) is 16.9 Å². The first kappa shape index (κ1) is 12.5. The Morgan fingerprint density at radius 3 is 2.53 bits per heavy atom. The van der Waals surface area contributed by atoms with Crippen LogP contribution in [0.25, 0.3) is 0 Å². The lowest BCUT2D eigenvalue weighted by atomic mass is 9.88. The summed E-state index contributed by atoms with van der Waals surface area (Å²) >= 11 is 0. The van der Waals surface area contributed by atoms with E-state index in [0.717, 1.165) is 13.2 Å². The van der Waals surface area contributed by atoms with Crippen molar-refractivity contribution in [1.82, 2.24) is 5.32 Å². The van der Waals surface area contributed by atoms with Crippen LogP contribution in [0.15, 0.2) is 0 Å². The van der Waals surface area contributed by atoms with Crippen LogP contribution >= 0.6 is 0 Å². The third kappa shape index (κ3) is 3.80. The molecule has 0 spiro atoms. The van der Waals surface area contributed by atoms with Gasteiger partial charge in [0.05, 0.1) is 25.2 Å². The molecule has 4 nitrogen and oxygen atoms in total. The van der Waals surface area contributed by atoms with Gasteiger partial charge in [0.15, 0.2) is 0 Å². The highest BCUT2D eigenvalue weighted by Gasteiger charge is 2.34. The highest BCUT2D eigenvalue weighted by Crippen LogP contribution is 2.25. The summed E-state index contributed by atoms with van der Waals surface area (Å²) in [4.78, 5) is 11.6. The van der Waals surface area contributed by atoms with Crippen LogP contribution in [0.2, 0.25) is 0 Å². The van der Waals surface area contributed by atoms with Gasteiger partial charge in [-0.3, -0.25) is 4.79 Å². The van der Waals surface area contributed by atoms with Crippen LogP contribution in [-0.4, -0.2) is 38.4 Å². The molecule has 0 bridgehead atoms. The Labute approximate surface area is 91.3 Å². The molecule has 0 aromatic carbocycles. The van der Waals surface area contributed by atoms with Gasteiger partial charge in [-0.2, -0.15) is 0 Å². The van der Waals surface area contributed by atoms with Crippen LogP contribution in [0.5, 0.6) is 0 Å². The number of carbonyl (C=O) groups excluding carboxylic acids is 1. The molecule has 0 aromatic heterocycles. The molecule has 0 saturated carbocycles. The fraction of sp³-hybridized carbons (Fsp3) is 0.909. The molecule has 88 valence electrons. The maximum atomic E-state index is 11.6. The summed E-state index contributed by atoms with van der Waals surface area (Å²) < 4.78 is 10.3. The monoisotopic (exact) mass is 215 g/mol. The number of rotatable bonds is 5. The van der Waals surface area contributed by atoms with Crippen LogP contribution < -0.4 is 5.32 Å². The number of hydrogen-bond donors (Lipinski definition) is 1. The Hall–Kier alpha value is -0.610. The minimum atomic E-state index is -0.388. The van der Waals surface area contributed by atoms with Crippen LogP contribution in [0.4, 0.5) is 0 Å². The number of methoxy groups -OCH3 is 1. The van der Waals surface area contributed by atoms with Crippen molar-refractivity contribution in [3.63, 3.8) is 0 Å². The quantitative estimate of drug-likeness (QED) is 0.743. The average Bonchev–Trinajstić information content (AvgIpc) is 2.11. The van der Waals surface area contributed by atoms with Gasteiger partial charge < -0.3 is 14.8 Å². The van der Waals surface area contributed by atoms with E-state index >= 15 is 0 Å². The van der Waals surface area contributed by atoms with E-state index in [4.69, 9.17) is 9.47 Å². The SMILES string of the molecule is COC(C)(C)CC(=O)NCC1(C)COC1. The molecule has 0 aliphatic carbocycles. The summed E-state index contributed by atoms with van der Waals surface area (Å²) in [5, 5.41) is 2.92. The molecule has 1 heterocycles. The molecule has 1 amide bonds. The second kappa shape index (κ2) is 4.49. The molecule has 1 aliphatic rings. The van der Waals surface area contributed by atoms with E-state index in [1.54, 1.807) is 7.11 Å². The molecule has 1 fully saturated rings. The summed E-state index contributed by atoms with van der Waals surface area (Å²) in [6.07, 6.45) is 0.389. The first-order chi connectivity index (χ1) is 6.87. The molecular weight excluding hydrogens is 194 g/mol. The molecule has 1 aliphatic heterocycles. The van der Waals surface area contributed by atoms with Crippen LogP contribution in [0, 0.1) is 5.41 Å². The molecule has 0 radical (unpaired) electrons. The van der Waals surface area contributed by atoms with Crippen LogP contribution in [0.1, 0.15) is 27.2 Å². The fourth-order valence-corrected chi connectivity index (χ4v) is 1.39. The minimum Gasteiger partial charge on any atom is -0.380 e. The Bertz CT molecular complexity index is 234. The number of nitrogens with one attached hydrogen (secondary N) is 1. The molecule has 1 saturated heterocycles. The number of amides is 1. The lowest BCUT2D eigenvalue weighted by Crippen LogP contribution is -2.49. The molecule has 0 atom stereocenters. The predicted molar refractivity (Wildman–Crippen MR) is 57.6 cm³/mol. The van der Waals surface area contributed by atoms with Gasteiger partial charge in [0.2, 0.25) is 5.91 Å². The zero-order valence-corrected chi connectivity index (χ0v) is 10.1. The summed E-state index contributed by atoms with van der Waals surface area (Å²) in [6, 6.07) is 0. The maximum absolute atomic E-state index is 11.6. The maximum Gasteiger partial charge on any atom is 0.222 e. The number of ether oxygens (including phenoxy) is 2. The summed E-state index contributed by atoms with van der Waals surface area (Å²) in [5.41, 5.74) is -0.256. The Morgan fingerprint density at radius 1 is 1.53 bits per heavy atom. The standard InChI is InChI=1S/C11H21NO3/c1-10(2,14-4)5-9(13)12-6-11(3)7-15-8-11/h5-8H2,1-4H3,(H,12,13). The van der Waals surface area contributed by atoms with E-state index < -0.39 is 0 Å². The zero-order chi connectivity index (χ0) is 11.5. The fourth-order valence-electron chi connectivity index (χ4n) is 1.39. The molecular formula is C11H21NO3. The van der Waals surface area contributed by atoms with Crippen LogP contribution in [0.3, 0.4) is 0 Å². The van der Waals surface area contributed by atoms with Gasteiger partial charge in [-0.05, 0) is 13.8 Å². The molecule has 15 heavy (non-hydrogen) atoms. The number of carbonyl (C=O) groups is 1. The zero-order valence-electron chi connectivity index (χ0n) is 10.1. The third-order valence-corrected chi connectivity index (χ3v) is 2.75. The van der Waals surface area contributed by atoms with Gasteiger partial charge >= 0.3 is 0 Å². The van der Waals surface area contributed by atoms with Gasteiger partial charge in [-0.1, -0.05) is 6.92 Å². The van der Waals surface area contributed by atoms with Crippen molar-refractivity contribution in [2.75, 3.05) is 26.9 Å².